The zero-order valence-electron chi connectivity index (χ0n) is 11.3. The summed E-state index contributed by atoms with van der Waals surface area (Å²) in [6, 6.07) is 8.93. The summed E-state index contributed by atoms with van der Waals surface area (Å²) in [6.07, 6.45) is 0. The number of hydrogen-bond acceptors (Lipinski definition) is 3. The Labute approximate surface area is 105 Å². The fourth-order valence-electron chi connectivity index (χ4n) is 1.91. The van der Waals surface area contributed by atoms with E-state index in [1.807, 2.05) is 18.2 Å². The Kier molecular flexibility index (Phi) is 6.01. The van der Waals surface area contributed by atoms with Crippen LogP contribution in [0.15, 0.2) is 24.3 Å². The number of rotatable bonds is 7. The lowest BCUT2D eigenvalue weighted by Gasteiger charge is -2.20. The number of nitrogens with one attached hydrogen (secondary N) is 2. The predicted molar refractivity (Wildman–Crippen MR) is 72.6 cm³/mol. The van der Waals surface area contributed by atoms with E-state index in [0.717, 1.165) is 18.8 Å². The van der Waals surface area contributed by atoms with Crippen molar-refractivity contribution in [2.45, 2.75) is 32.9 Å². The van der Waals surface area contributed by atoms with Crippen LogP contribution in [0.2, 0.25) is 0 Å². The van der Waals surface area contributed by atoms with Crippen molar-refractivity contribution in [1.29, 1.82) is 0 Å². The van der Waals surface area contributed by atoms with Crippen LogP contribution < -0.4 is 15.4 Å². The normalized spacial score (nSPS) is 14.4. The standard InChI is InChI=1S/C14H24N2O/c1-5-15-11(2)10-16-12(3)13-8-6-7-9-14(13)17-4/h6-9,11-12,15-16H,5,10H2,1-4H3/t11-,12-/m0/s1. The molecule has 0 bridgehead atoms. The van der Waals surface area contributed by atoms with Gasteiger partial charge in [0, 0.05) is 24.2 Å². The summed E-state index contributed by atoms with van der Waals surface area (Å²) < 4.78 is 5.37. The first-order valence-electron chi connectivity index (χ1n) is 6.28. The second-order valence-corrected chi connectivity index (χ2v) is 4.33. The van der Waals surface area contributed by atoms with Gasteiger partial charge in [-0.3, -0.25) is 0 Å². The summed E-state index contributed by atoms with van der Waals surface area (Å²) in [5, 5.41) is 6.90. The van der Waals surface area contributed by atoms with Gasteiger partial charge in [0.15, 0.2) is 0 Å². The summed E-state index contributed by atoms with van der Waals surface area (Å²) >= 11 is 0. The molecule has 0 radical (unpaired) electrons. The lowest BCUT2D eigenvalue weighted by molar-refractivity contribution is 0.398. The Bertz CT molecular complexity index is 328. The van der Waals surface area contributed by atoms with Gasteiger partial charge < -0.3 is 15.4 Å². The summed E-state index contributed by atoms with van der Waals surface area (Å²) in [4.78, 5) is 0. The van der Waals surface area contributed by atoms with Gasteiger partial charge >= 0.3 is 0 Å². The number of likely N-dealkylation sites (N-methyl/N-ethyl adjacent to an activating group) is 1. The van der Waals surface area contributed by atoms with Crippen molar-refractivity contribution in [3.63, 3.8) is 0 Å². The van der Waals surface area contributed by atoms with Gasteiger partial charge in [0.05, 0.1) is 7.11 Å². The molecule has 0 heterocycles. The van der Waals surface area contributed by atoms with E-state index in [1.54, 1.807) is 7.11 Å². The van der Waals surface area contributed by atoms with Crippen LogP contribution >= 0.6 is 0 Å². The van der Waals surface area contributed by atoms with Gasteiger partial charge in [-0.25, -0.2) is 0 Å². The highest BCUT2D eigenvalue weighted by Crippen LogP contribution is 2.23. The minimum atomic E-state index is 0.298. The summed E-state index contributed by atoms with van der Waals surface area (Å²) in [5.74, 6) is 0.948. The zero-order valence-corrected chi connectivity index (χ0v) is 11.3. The topological polar surface area (TPSA) is 33.3 Å². The third kappa shape index (κ3) is 4.36. The molecular formula is C14H24N2O. The SMILES string of the molecule is CCN[C@@H](C)CN[C@@H](C)c1ccccc1OC. The van der Waals surface area contributed by atoms with E-state index in [-0.39, 0.29) is 0 Å². The molecule has 3 nitrogen and oxygen atoms in total. The fourth-order valence-corrected chi connectivity index (χ4v) is 1.91. The highest BCUT2D eigenvalue weighted by Gasteiger charge is 2.10. The molecule has 2 atom stereocenters. The van der Waals surface area contributed by atoms with Crippen LogP contribution in [-0.2, 0) is 0 Å². The summed E-state index contributed by atoms with van der Waals surface area (Å²) in [6.45, 7) is 8.43. The molecule has 96 valence electrons. The van der Waals surface area contributed by atoms with Crippen LogP contribution in [0.5, 0.6) is 5.75 Å². The minimum absolute atomic E-state index is 0.298. The molecule has 0 spiro atoms. The largest absolute Gasteiger partial charge is 0.496 e. The quantitative estimate of drug-likeness (QED) is 0.762. The van der Waals surface area contributed by atoms with Crippen molar-refractivity contribution in [1.82, 2.24) is 10.6 Å². The Morgan fingerprint density at radius 2 is 1.88 bits per heavy atom. The van der Waals surface area contributed by atoms with Gasteiger partial charge in [-0.05, 0) is 26.5 Å². The van der Waals surface area contributed by atoms with E-state index >= 15 is 0 Å². The lowest BCUT2D eigenvalue weighted by atomic mass is 10.1. The zero-order chi connectivity index (χ0) is 12.7. The van der Waals surface area contributed by atoms with E-state index in [9.17, 15) is 0 Å². The predicted octanol–water partition coefficient (Wildman–Crippen LogP) is 2.34. The molecule has 0 amide bonds. The molecule has 1 rings (SSSR count). The van der Waals surface area contributed by atoms with Gasteiger partial charge in [-0.15, -0.1) is 0 Å². The van der Waals surface area contributed by atoms with Crippen molar-refractivity contribution in [2.24, 2.45) is 0 Å². The van der Waals surface area contributed by atoms with E-state index in [4.69, 9.17) is 4.74 Å². The van der Waals surface area contributed by atoms with Crippen LogP contribution in [0.25, 0.3) is 0 Å². The van der Waals surface area contributed by atoms with E-state index < -0.39 is 0 Å². The average Bonchev–Trinajstić information content (AvgIpc) is 2.36. The summed E-state index contributed by atoms with van der Waals surface area (Å²) in [7, 11) is 1.72. The molecule has 1 aromatic rings. The number of methoxy groups -OCH3 is 1. The monoisotopic (exact) mass is 236 g/mol. The van der Waals surface area contributed by atoms with Crippen LogP contribution in [0, 0.1) is 0 Å². The van der Waals surface area contributed by atoms with Gasteiger partial charge in [0.2, 0.25) is 0 Å². The van der Waals surface area contributed by atoms with Crippen molar-refractivity contribution >= 4 is 0 Å². The molecule has 1 aromatic carbocycles. The third-order valence-corrected chi connectivity index (χ3v) is 2.89. The lowest BCUT2D eigenvalue weighted by Crippen LogP contribution is -2.37. The smallest absolute Gasteiger partial charge is 0.123 e. The van der Waals surface area contributed by atoms with E-state index in [0.29, 0.717) is 12.1 Å². The minimum Gasteiger partial charge on any atom is -0.496 e. The Balaban J connectivity index is 2.54. The molecule has 0 saturated carbocycles. The fraction of sp³-hybridized carbons (Fsp3) is 0.571. The molecule has 0 aliphatic carbocycles. The maximum Gasteiger partial charge on any atom is 0.123 e. The molecule has 0 aromatic heterocycles. The molecule has 0 saturated heterocycles. The van der Waals surface area contributed by atoms with Crippen molar-refractivity contribution in [2.75, 3.05) is 20.2 Å². The second kappa shape index (κ2) is 7.30. The van der Waals surface area contributed by atoms with Crippen LogP contribution in [0.4, 0.5) is 0 Å². The molecule has 17 heavy (non-hydrogen) atoms. The van der Waals surface area contributed by atoms with Crippen molar-refractivity contribution in [3.8, 4) is 5.75 Å². The molecular weight excluding hydrogens is 212 g/mol. The molecule has 0 fully saturated rings. The number of benzene rings is 1. The van der Waals surface area contributed by atoms with Crippen LogP contribution in [-0.4, -0.2) is 26.2 Å². The summed E-state index contributed by atoms with van der Waals surface area (Å²) in [5.41, 5.74) is 1.21. The highest BCUT2D eigenvalue weighted by atomic mass is 16.5. The van der Waals surface area contributed by atoms with Gasteiger partial charge in [0.1, 0.15) is 5.75 Å². The van der Waals surface area contributed by atoms with Gasteiger partial charge in [-0.1, -0.05) is 25.1 Å². The van der Waals surface area contributed by atoms with Gasteiger partial charge in [-0.2, -0.15) is 0 Å². The van der Waals surface area contributed by atoms with Crippen molar-refractivity contribution in [3.05, 3.63) is 29.8 Å². The number of ether oxygens (including phenoxy) is 1. The Morgan fingerprint density at radius 1 is 1.18 bits per heavy atom. The maximum absolute atomic E-state index is 5.37. The first kappa shape index (κ1) is 14.0. The number of para-hydroxylation sites is 1. The molecule has 0 unspecified atom stereocenters. The third-order valence-electron chi connectivity index (χ3n) is 2.89. The first-order chi connectivity index (χ1) is 8.19. The second-order valence-electron chi connectivity index (χ2n) is 4.33. The molecule has 3 heteroatoms. The number of hydrogen-bond donors (Lipinski definition) is 2. The maximum atomic E-state index is 5.37. The van der Waals surface area contributed by atoms with Gasteiger partial charge in [0.25, 0.3) is 0 Å². The van der Waals surface area contributed by atoms with Crippen LogP contribution in [0.3, 0.4) is 0 Å². The van der Waals surface area contributed by atoms with E-state index in [2.05, 4.69) is 37.5 Å². The molecule has 0 aliphatic rings. The molecule has 0 aliphatic heterocycles. The van der Waals surface area contributed by atoms with E-state index in [1.165, 1.54) is 5.56 Å². The average molecular weight is 236 g/mol. The molecule has 2 N–H and O–H groups in total. The Morgan fingerprint density at radius 3 is 2.53 bits per heavy atom. The highest BCUT2D eigenvalue weighted by molar-refractivity contribution is 5.35. The first-order valence-corrected chi connectivity index (χ1v) is 6.28. The Hall–Kier alpha value is -1.06. The van der Waals surface area contributed by atoms with Crippen molar-refractivity contribution < 1.29 is 4.74 Å². The van der Waals surface area contributed by atoms with Crippen LogP contribution in [0.1, 0.15) is 32.4 Å².